The molecule has 3 N–H and O–H groups in total. The fourth-order valence-corrected chi connectivity index (χ4v) is 1.93. The number of nitrogens with one attached hydrogen (secondary N) is 1. The van der Waals surface area contributed by atoms with E-state index in [2.05, 4.69) is 10.4 Å². The van der Waals surface area contributed by atoms with Gasteiger partial charge in [-0.3, -0.25) is 10.1 Å². The lowest BCUT2D eigenvalue weighted by Crippen LogP contribution is -2.12. The molecular formula is C12H10Cl2N4O3. The summed E-state index contributed by atoms with van der Waals surface area (Å²) in [7, 11) is 0. The summed E-state index contributed by atoms with van der Waals surface area (Å²) in [5.41, 5.74) is 2.79. The first-order valence-electron chi connectivity index (χ1n) is 5.69. The summed E-state index contributed by atoms with van der Waals surface area (Å²) < 4.78 is 5.44. The standard InChI is InChI=1S/C12H10Cl2N4O3/c13-8-4-10(18(19)20)11(5-9(8)14)21-6-7-2-1-3-16-12(7)17-15/h1-5H,6,15H2,(H,16,17). The van der Waals surface area contributed by atoms with Crippen LogP contribution in [0.3, 0.4) is 0 Å². The molecule has 110 valence electrons. The van der Waals surface area contributed by atoms with E-state index in [-0.39, 0.29) is 28.1 Å². The average Bonchev–Trinajstić information content (AvgIpc) is 2.48. The summed E-state index contributed by atoms with van der Waals surface area (Å²) in [5.74, 6) is 5.76. The lowest BCUT2D eigenvalue weighted by Gasteiger charge is -2.10. The second-order valence-corrected chi connectivity index (χ2v) is 4.75. The number of nitro benzene ring substituents is 1. The molecule has 0 amide bonds. The SMILES string of the molecule is NNc1ncccc1COc1cc(Cl)c(Cl)cc1[N+](=O)[O-]. The Bertz CT molecular complexity index is 682. The molecule has 0 aliphatic carbocycles. The largest absolute Gasteiger partial charge is 0.482 e. The van der Waals surface area contributed by atoms with E-state index >= 15 is 0 Å². The van der Waals surface area contributed by atoms with Crippen molar-refractivity contribution in [2.75, 3.05) is 5.43 Å². The highest BCUT2D eigenvalue weighted by Gasteiger charge is 2.19. The molecule has 1 heterocycles. The number of nitrogen functional groups attached to an aromatic ring is 1. The second kappa shape index (κ2) is 6.57. The number of hydrogen-bond acceptors (Lipinski definition) is 6. The van der Waals surface area contributed by atoms with Crippen LogP contribution in [0.1, 0.15) is 5.56 Å². The van der Waals surface area contributed by atoms with Crippen LogP contribution in [0.25, 0.3) is 0 Å². The van der Waals surface area contributed by atoms with E-state index in [1.807, 2.05) is 0 Å². The minimum Gasteiger partial charge on any atom is -0.482 e. The number of aromatic nitrogens is 1. The van der Waals surface area contributed by atoms with E-state index in [0.29, 0.717) is 11.4 Å². The van der Waals surface area contributed by atoms with E-state index in [1.165, 1.54) is 6.07 Å². The zero-order chi connectivity index (χ0) is 15.4. The Hall–Kier alpha value is -2.09. The summed E-state index contributed by atoms with van der Waals surface area (Å²) in [6.45, 7) is 0.0339. The molecule has 0 bridgehead atoms. The molecule has 21 heavy (non-hydrogen) atoms. The predicted molar refractivity (Wildman–Crippen MR) is 79.5 cm³/mol. The summed E-state index contributed by atoms with van der Waals surface area (Å²) in [6, 6.07) is 5.87. The highest BCUT2D eigenvalue weighted by atomic mass is 35.5. The Morgan fingerprint density at radius 1 is 1.38 bits per heavy atom. The fourth-order valence-electron chi connectivity index (χ4n) is 1.62. The minimum atomic E-state index is -0.594. The number of nitrogens with two attached hydrogens (primary N) is 1. The highest BCUT2D eigenvalue weighted by Crippen LogP contribution is 2.36. The molecule has 0 atom stereocenters. The molecule has 0 aliphatic rings. The molecule has 1 aromatic heterocycles. The number of hydrazine groups is 1. The van der Waals surface area contributed by atoms with Gasteiger partial charge < -0.3 is 10.2 Å². The van der Waals surface area contributed by atoms with Gasteiger partial charge in [0.15, 0.2) is 5.75 Å². The van der Waals surface area contributed by atoms with Crippen molar-refractivity contribution in [1.82, 2.24) is 4.98 Å². The van der Waals surface area contributed by atoms with E-state index < -0.39 is 4.92 Å². The van der Waals surface area contributed by atoms with Crippen LogP contribution < -0.4 is 16.0 Å². The number of anilines is 1. The highest BCUT2D eigenvalue weighted by molar-refractivity contribution is 6.42. The number of hydrogen-bond donors (Lipinski definition) is 2. The van der Waals surface area contributed by atoms with Crippen LogP contribution >= 0.6 is 23.2 Å². The molecule has 0 aliphatic heterocycles. The Morgan fingerprint density at radius 3 is 2.76 bits per heavy atom. The van der Waals surface area contributed by atoms with Crippen molar-refractivity contribution < 1.29 is 9.66 Å². The van der Waals surface area contributed by atoms with Gasteiger partial charge in [-0.2, -0.15) is 0 Å². The third kappa shape index (κ3) is 3.52. The maximum absolute atomic E-state index is 11.0. The molecule has 1 aromatic carbocycles. The Kier molecular flexibility index (Phi) is 4.79. The number of ether oxygens (including phenoxy) is 1. The van der Waals surface area contributed by atoms with Gasteiger partial charge in [-0.05, 0) is 6.07 Å². The Labute approximate surface area is 129 Å². The van der Waals surface area contributed by atoms with Gasteiger partial charge in [0.25, 0.3) is 0 Å². The number of nitrogens with zero attached hydrogens (tertiary/aromatic N) is 2. The molecule has 0 radical (unpaired) electrons. The lowest BCUT2D eigenvalue weighted by atomic mass is 10.2. The number of nitro groups is 1. The molecular weight excluding hydrogens is 319 g/mol. The molecule has 2 aromatic rings. The number of benzene rings is 1. The van der Waals surface area contributed by atoms with Crippen LogP contribution in [0.15, 0.2) is 30.5 Å². The van der Waals surface area contributed by atoms with Gasteiger partial charge in [0.2, 0.25) is 0 Å². The van der Waals surface area contributed by atoms with Gasteiger partial charge in [-0.25, -0.2) is 10.8 Å². The molecule has 0 unspecified atom stereocenters. The van der Waals surface area contributed by atoms with Crippen LogP contribution in [0.5, 0.6) is 5.75 Å². The molecule has 0 spiro atoms. The van der Waals surface area contributed by atoms with Gasteiger partial charge in [0.1, 0.15) is 12.4 Å². The quantitative estimate of drug-likeness (QED) is 0.496. The van der Waals surface area contributed by atoms with Crippen LogP contribution in [0.2, 0.25) is 10.0 Å². The van der Waals surface area contributed by atoms with Gasteiger partial charge in [-0.15, -0.1) is 0 Å². The Morgan fingerprint density at radius 2 is 2.10 bits per heavy atom. The molecule has 9 heteroatoms. The lowest BCUT2D eigenvalue weighted by molar-refractivity contribution is -0.385. The maximum atomic E-state index is 11.0. The first-order chi connectivity index (χ1) is 10.0. The summed E-state index contributed by atoms with van der Waals surface area (Å²) in [4.78, 5) is 14.4. The van der Waals surface area contributed by atoms with E-state index in [4.69, 9.17) is 33.8 Å². The monoisotopic (exact) mass is 328 g/mol. The first kappa shape index (κ1) is 15.3. The Balaban J connectivity index is 2.27. The van der Waals surface area contributed by atoms with Crippen LogP contribution in [-0.2, 0) is 6.61 Å². The second-order valence-electron chi connectivity index (χ2n) is 3.94. The first-order valence-corrected chi connectivity index (χ1v) is 6.45. The van der Waals surface area contributed by atoms with Gasteiger partial charge in [0.05, 0.1) is 15.0 Å². The summed E-state index contributed by atoms with van der Waals surface area (Å²) >= 11 is 11.6. The van der Waals surface area contributed by atoms with Crippen molar-refractivity contribution in [1.29, 1.82) is 0 Å². The maximum Gasteiger partial charge on any atom is 0.312 e. The van der Waals surface area contributed by atoms with Crippen molar-refractivity contribution in [2.24, 2.45) is 5.84 Å². The van der Waals surface area contributed by atoms with Crippen molar-refractivity contribution in [3.8, 4) is 5.75 Å². The molecule has 2 rings (SSSR count). The van der Waals surface area contributed by atoms with Crippen LogP contribution in [0.4, 0.5) is 11.5 Å². The molecule has 0 saturated carbocycles. The number of halogens is 2. The zero-order valence-electron chi connectivity index (χ0n) is 10.5. The van der Waals surface area contributed by atoms with E-state index in [1.54, 1.807) is 18.3 Å². The number of rotatable bonds is 5. The molecule has 0 fully saturated rings. The molecule has 0 saturated heterocycles. The molecule has 7 nitrogen and oxygen atoms in total. The van der Waals surface area contributed by atoms with Crippen molar-refractivity contribution in [3.05, 3.63) is 56.2 Å². The predicted octanol–water partition coefficient (Wildman–Crippen LogP) is 3.16. The van der Waals surface area contributed by atoms with Gasteiger partial charge >= 0.3 is 5.69 Å². The van der Waals surface area contributed by atoms with Crippen LogP contribution in [0, 0.1) is 10.1 Å². The summed E-state index contributed by atoms with van der Waals surface area (Å²) in [6.07, 6.45) is 1.56. The minimum absolute atomic E-state index is 0.0150. The number of pyridine rings is 1. The fraction of sp³-hybridized carbons (Fsp3) is 0.0833. The average molecular weight is 329 g/mol. The third-order valence-electron chi connectivity index (χ3n) is 2.61. The van der Waals surface area contributed by atoms with Crippen molar-refractivity contribution in [2.45, 2.75) is 6.61 Å². The van der Waals surface area contributed by atoms with Gasteiger partial charge in [0, 0.05) is 23.9 Å². The van der Waals surface area contributed by atoms with E-state index in [0.717, 1.165) is 6.07 Å². The van der Waals surface area contributed by atoms with Crippen LogP contribution in [-0.4, -0.2) is 9.91 Å². The smallest absolute Gasteiger partial charge is 0.312 e. The van der Waals surface area contributed by atoms with Gasteiger partial charge in [-0.1, -0.05) is 29.3 Å². The third-order valence-corrected chi connectivity index (χ3v) is 3.33. The van der Waals surface area contributed by atoms with E-state index in [9.17, 15) is 10.1 Å². The van der Waals surface area contributed by atoms with Crippen molar-refractivity contribution in [3.63, 3.8) is 0 Å². The zero-order valence-corrected chi connectivity index (χ0v) is 12.1. The topological polar surface area (TPSA) is 103 Å². The van der Waals surface area contributed by atoms with Crippen molar-refractivity contribution >= 4 is 34.7 Å². The normalized spacial score (nSPS) is 10.2. The summed E-state index contributed by atoms with van der Waals surface area (Å²) in [5, 5.41) is 11.3.